The molecule has 5 nitrogen and oxygen atoms in total. The van der Waals surface area contributed by atoms with E-state index in [0.717, 1.165) is 3.57 Å². The maximum Gasteiger partial charge on any atom is 0.255 e. The fraction of sp³-hybridized carbons (Fsp3) is 0.0714. The van der Waals surface area contributed by atoms with Crippen LogP contribution in [0.2, 0.25) is 0 Å². The summed E-state index contributed by atoms with van der Waals surface area (Å²) in [5.41, 5.74) is 0.717. The second-order valence-electron chi connectivity index (χ2n) is 4.17. The number of carbonyl (C=O) groups excluding carboxylic acids is 1. The number of para-hydroxylation sites is 1. The summed E-state index contributed by atoms with van der Waals surface area (Å²) in [7, 11) is -2.30. The molecule has 2 N–H and O–H groups in total. The van der Waals surface area contributed by atoms with Crippen molar-refractivity contribution in [3.63, 3.8) is 0 Å². The van der Waals surface area contributed by atoms with Crippen LogP contribution >= 0.6 is 22.6 Å². The third kappa shape index (κ3) is 3.80. The molecule has 0 radical (unpaired) electrons. The molecule has 0 aliphatic heterocycles. The molecule has 0 aliphatic carbocycles. The Balaban J connectivity index is 2.35. The molecule has 110 valence electrons. The van der Waals surface area contributed by atoms with Crippen molar-refractivity contribution < 1.29 is 13.2 Å². The van der Waals surface area contributed by atoms with Crippen molar-refractivity contribution in [1.29, 1.82) is 0 Å². The molecule has 0 unspecified atom stereocenters. The number of rotatable bonds is 4. The summed E-state index contributed by atoms with van der Waals surface area (Å²) in [6, 6.07) is 13.3. The van der Waals surface area contributed by atoms with Gasteiger partial charge >= 0.3 is 0 Å². The van der Waals surface area contributed by atoms with Gasteiger partial charge in [-0.15, -0.1) is 0 Å². The zero-order chi connectivity index (χ0) is 15.5. The van der Waals surface area contributed by atoms with Crippen LogP contribution in [0.25, 0.3) is 0 Å². The van der Waals surface area contributed by atoms with Crippen LogP contribution < -0.4 is 10.0 Å². The first-order valence-electron chi connectivity index (χ1n) is 6.03. The van der Waals surface area contributed by atoms with Crippen LogP contribution in [0, 0.1) is 3.57 Å². The molecule has 1 amide bonds. The summed E-state index contributed by atoms with van der Waals surface area (Å²) in [4.78, 5) is 12.2. The lowest BCUT2D eigenvalue weighted by Gasteiger charge is -2.11. The maximum atomic E-state index is 12.2. The minimum atomic E-state index is -3.63. The van der Waals surface area contributed by atoms with Crippen LogP contribution in [0.5, 0.6) is 0 Å². The lowest BCUT2D eigenvalue weighted by Crippen LogP contribution is -2.21. The molecule has 0 heterocycles. The number of hydrogen-bond donors (Lipinski definition) is 2. The van der Waals surface area contributed by atoms with Crippen LogP contribution in [-0.2, 0) is 10.0 Å². The van der Waals surface area contributed by atoms with Crippen LogP contribution in [0.15, 0.2) is 53.4 Å². The Kier molecular flexibility index (Phi) is 4.96. The Hall–Kier alpha value is -1.45. The van der Waals surface area contributed by atoms with Crippen molar-refractivity contribution in [1.82, 2.24) is 4.72 Å². The Morgan fingerprint density at radius 2 is 1.81 bits per heavy atom. The number of carbonyl (C=O) groups is 1. The molecule has 2 rings (SSSR count). The first kappa shape index (κ1) is 15.9. The molecule has 0 atom stereocenters. The van der Waals surface area contributed by atoms with Crippen LogP contribution in [-0.4, -0.2) is 21.4 Å². The summed E-state index contributed by atoms with van der Waals surface area (Å²) >= 11 is 2.11. The van der Waals surface area contributed by atoms with Crippen molar-refractivity contribution in [2.24, 2.45) is 0 Å². The maximum absolute atomic E-state index is 12.2. The van der Waals surface area contributed by atoms with Crippen molar-refractivity contribution in [3.05, 3.63) is 57.7 Å². The second kappa shape index (κ2) is 6.54. The molecule has 2 aromatic rings. The van der Waals surface area contributed by atoms with Crippen LogP contribution in [0.4, 0.5) is 5.69 Å². The van der Waals surface area contributed by atoms with Gasteiger partial charge in [0.15, 0.2) is 0 Å². The smallest absolute Gasteiger partial charge is 0.255 e. The first-order chi connectivity index (χ1) is 9.94. The van der Waals surface area contributed by atoms with E-state index in [1.807, 2.05) is 6.07 Å². The SMILES string of the molecule is CNS(=O)(=O)c1ccccc1NC(=O)c1cccc(I)c1. The highest BCUT2D eigenvalue weighted by molar-refractivity contribution is 14.1. The van der Waals surface area contributed by atoms with Crippen molar-refractivity contribution in [2.45, 2.75) is 4.90 Å². The Morgan fingerprint density at radius 3 is 2.48 bits per heavy atom. The van der Waals surface area contributed by atoms with E-state index in [0.29, 0.717) is 5.56 Å². The molecule has 0 saturated heterocycles. The van der Waals surface area contributed by atoms with Crippen molar-refractivity contribution in [2.75, 3.05) is 12.4 Å². The Labute approximate surface area is 137 Å². The van der Waals surface area contributed by atoms with Gasteiger partial charge in [0.1, 0.15) is 4.90 Å². The Bertz CT molecular complexity index is 775. The summed E-state index contributed by atoms with van der Waals surface area (Å²) in [5.74, 6) is -0.354. The van der Waals surface area contributed by atoms with E-state index in [4.69, 9.17) is 0 Å². The zero-order valence-electron chi connectivity index (χ0n) is 11.1. The molecule has 0 aliphatic rings. The predicted molar refractivity (Wildman–Crippen MR) is 89.8 cm³/mol. The summed E-state index contributed by atoms with van der Waals surface area (Å²) in [5, 5.41) is 2.63. The molecule has 0 bridgehead atoms. The molecule has 7 heteroatoms. The highest BCUT2D eigenvalue weighted by Gasteiger charge is 2.17. The monoisotopic (exact) mass is 416 g/mol. The van der Waals surface area contributed by atoms with Gasteiger partial charge in [-0.05, 0) is 60.0 Å². The first-order valence-corrected chi connectivity index (χ1v) is 8.60. The average molecular weight is 416 g/mol. The fourth-order valence-corrected chi connectivity index (χ4v) is 3.17. The summed E-state index contributed by atoms with van der Waals surface area (Å²) in [6.07, 6.45) is 0. The molecule has 0 aromatic heterocycles. The number of amides is 1. The van der Waals surface area contributed by atoms with Gasteiger partial charge in [-0.25, -0.2) is 13.1 Å². The van der Waals surface area contributed by atoms with Gasteiger partial charge in [0.25, 0.3) is 5.91 Å². The minimum absolute atomic E-state index is 0.0338. The van der Waals surface area contributed by atoms with Gasteiger partial charge in [-0.2, -0.15) is 0 Å². The molecule has 2 aromatic carbocycles. The molecule has 0 spiro atoms. The zero-order valence-corrected chi connectivity index (χ0v) is 14.1. The summed E-state index contributed by atoms with van der Waals surface area (Å²) < 4.78 is 27.0. The van der Waals surface area contributed by atoms with Gasteiger partial charge < -0.3 is 5.32 Å². The highest BCUT2D eigenvalue weighted by Crippen LogP contribution is 2.21. The van der Waals surface area contributed by atoms with Gasteiger partial charge in [-0.3, -0.25) is 4.79 Å². The standard InChI is InChI=1S/C14H13IN2O3S/c1-16-21(19,20)13-8-3-2-7-12(13)17-14(18)10-5-4-6-11(15)9-10/h2-9,16H,1H3,(H,17,18). The van der Waals surface area contributed by atoms with Gasteiger partial charge in [0.2, 0.25) is 10.0 Å². The van der Waals surface area contributed by atoms with Crippen LogP contribution in [0.3, 0.4) is 0 Å². The number of sulfonamides is 1. The van der Waals surface area contributed by atoms with E-state index < -0.39 is 10.0 Å². The molecular weight excluding hydrogens is 403 g/mol. The number of anilines is 1. The van der Waals surface area contributed by atoms with Gasteiger partial charge in [0, 0.05) is 9.13 Å². The van der Waals surface area contributed by atoms with Crippen molar-refractivity contribution >= 4 is 44.2 Å². The topological polar surface area (TPSA) is 75.3 Å². The summed E-state index contributed by atoms with van der Waals surface area (Å²) in [6.45, 7) is 0. The predicted octanol–water partition coefficient (Wildman–Crippen LogP) is 2.45. The quantitative estimate of drug-likeness (QED) is 0.753. The highest BCUT2D eigenvalue weighted by atomic mass is 127. The molecule has 21 heavy (non-hydrogen) atoms. The molecule has 0 saturated carbocycles. The van der Waals surface area contributed by atoms with E-state index >= 15 is 0 Å². The van der Waals surface area contributed by atoms with E-state index in [1.54, 1.807) is 36.4 Å². The van der Waals surface area contributed by atoms with E-state index in [2.05, 4.69) is 32.6 Å². The minimum Gasteiger partial charge on any atom is -0.321 e. The lowest BCUT2D eigenvalue weighted by molar-refractivity contribution is 0.102. The van der Waals surface area contributed by atoms with Gasteiger partial charge in [-0.1, -0.05) is 18.2 Å². The fourth-order valence-electron chi connectivity index (χ4n) is 1.74. The number of benzene rings is 2. The Morgan fingerprint density at radius 1 is 1.10 bits per heavy atom. The third-order valence-electron chi connectivity index (χ3n) is 2.78. The van der Waals surface area contributed by atoms with E-state index in [1.165, 1.54) is 13.1 Å². The molecular formula is C14H13IN2O3S. The van der Waals surface area contributed by atoms with Crippen LogP contribution in [0.1, 0.15) is 10.4 Å². The number of nitrogens with one attached hydrogen (secondary N) is 2. The third-order valence-corrected chi connectivity index (χ3v) is 4.92. The molecule has 0 fully saturated rings. The van der Waals surface area contributed by atoms with E-state index in [-0.39, 0.29) is 16.5 Å². The van der Waals surface area contributed by atoms with Crippen molar-refractivity contribution in [3.8, 4) is 0 Å². The second-order valence-corrected chi connectivity index (χ2v) is 7.27. The number of halogens is 1. The van der Waals surface area contributed by atoms with E-state index in [9.17, 15) is 13.2 Å². The lowest BCUT2D eigenvalue weighted by atomic mass is 10.2. The largest absolute Gasteiger partial charge is 0.321 e. The van der Waals surface area contributed by atoms with Gasteiger partial charge in [0.05, 0.1) is 5.69 Å². The average Bonchev–Trinajstić information content (AvgIpc) is 2.47. The number of hydrogen-bond acceptors (Lipinski definition) is 3. The normalized spacial score (nSPS) is 11.1.